The number of hydrogen-bond donors (Lipinski definition) is 1. The summed E-state index contributed by atoms with van der Waals surface area (Å²) in [6.07, 6.45) is 2.08. The van der Waals surface area contributed by atoms with Crippen molar-refractivity contribution in [2.45, 2.75) is 73.4 Å². The third-order valence-electron chi connectivity index (χ3n) is 3.73. The predicted octanol–water partition coefficient (Wildman–Crippen LogP) is 6.54. The first-order valence-corrected chi connectivity index (χ1v) is 21.0. The molecule has 7 nitrogen and oxygen atoms in total. The van der Waals surface area contributed by atoms with Gasteiger partial charge in [-0.15, -0.1) is 0 Å². The molecule has 0 aromatic heterocycles. The third kappa shape index (κ3) is 20.3. The van der Waals surface area contributed by atoms with Crippen LogP contribution in [0.4, 0.5) is 0 Å². The number of aliphatic hydroxyl groups is 1. The van der Waals surface area contributed by atoms with Crippen molar-refractivity contribution in [3.05, 3.63) is 0 Å². The van der Waals surface area contributed by atoms with Gasteiger partial charge in [-0.2, -0.15) is 0 Å². The summed E-state index contributed by atoms with van der Waals surface area (Å²) in [4.78, 5) is 0. The molecule has 0 bridgehead atoms. The molecule has 13 heteroatoms. The average molecular weight is 585 g/mol. The van der Waals surface area contributed by atoms with Crippen molar-refractivity contribution < 1.29 is 31.7 Å². The summed E-state index contributed by atoms with van der Waals surface area (Å²) in [5.74, 6) is 2.13. The number of aliphatic hydroxyl groups excluding tert-OH is 1. The highest BCUT2D eigenvalue weighted by molar-refractivity contribution is 9.26. The van der Waals surface area contributed by atoms with Gasteiger partial charge in [0, 0.05) is 69.8 Å². The van der Waals surface area contributed by atoms with Crippen LogP contribution in [0, 0.1) is 0 Å². The maximum Gasteiger partial charge on any atom is 0.500 e. The van der Waals surface area contributed by atoms with E-state index >= 15 is 0 Å². The first-order valence-electron chi connectivity index (χ1n) is 12.0. The summed E-state index contributed by atoms with van der Waals surface area (Å²) in [5, 5.41) is 7.57. The Bertz CT molecular complexity index is 337. The van der Waals surface area contributed by atoms with E-state index in [9.17, 15) is 0 Å². The quantitative estimate of drug-likeness (QED) is 0.0808. The van der Waals surface area contributed by atoms with E-state index in [1.54, 1.807) is 6.92 Å². The second kappa shape index (κ2) is 26.6. The zero-order chi connectivity index (χ0) is 25.3. The van der Waals surface area contributed by atoms with Gasteiger partial charge in [-0.3, -0.25) is 0 Å². The summed E-state index contributed by atoms with van der Waals surface area (Å²) in [5.41, 5.74) is 0. The standard InChI is InChI=1S/C18H42O6S4Si2.C2H6O/c1-7-19-29(20-8-2,21-9-3)17-13-15-25-27-28-26-16-14-18-30(22-10-4,23-11-5)24-12-6;1-2-3/h7-18H2,1-6H3;3H,2H2,1H3. The van der Waals surface area contributed by atoms with E-state index in [1.807, 2.05) is 82.8 Å². The Kier molecular flexibility index (Phi) is 29.6. The number of rotatable bonds is 23. The fraction of sp³-hybridized carbons (Fsp3) is 1.00. The van der Waals surface area contributed by atoms with Crippen LogP contribution in [-0.4, -0.2) is 80.5 Å². The van der Waals surface area contributed by atoms with Crippen LogP contribution in [0.5, 0.6) is 0 Å². The van der Waals surface area contributed by atoms with Crippen LogP contribution in [0.3, 0.4) is 0 Å². The summed E-state index contributed by atoms with van der Waals surface area (Å²) < 4.78 is 35.4. The van der Waals surface area contributed by atoms with E-state index in [0.717, 1.165) is 36.4 Å². The molecule has 0 saturated carbocycles. The SMILES string of the molecule is CCO.CCO[Si](CCCSSSSCCC[Si](OCC)(OCC)OCC)(OCC)OCC. The van der Waals surface area contributed by atoms with E-state index < -0.39 is 17.6 Å². The van der Waals surface area contributed by atoms with Crippen LogP contribution in [-0.2, 0) is 26.6 Å². The largest absolute Gasteiger partial charge is 0.500 e. The van der Waals surface area contributed by atoms with Gasteiger partial charge >= 0.3 is 17.6 Å². The van der Waals surface area contributed by atoms with E-state index in [4.69, 9.17) is 31.7 Å². The van der Waals surface area contributed by atoms with Gasteiger partial charge in [0.05, 0.1) is 0 Å². The molecule has 0 aromatic carbocycles. The van der Waals surface area contributed by atoms with E-state index in [0.29, 0.717) is 39.6 Å². The molecule has 202 valence electrons. The lowest BCUT2D eigenvalue weighted by atomic mass is 10.6. The van der Waals surface area contributed by atoms with Crippen molar-refractivity contribution in [1.29, 1.82) is 0 Å². The van der Waals surface area contributed by atoms with Gasteiger partial charge in [0.2, 0.25) is 0 Å². The van der Waals surface area contributed by atoms with Crippen LogP contribution in [0.15, 0.2) is 0 Å². The fourth-order valence-electron chi connectivity index (χ4n) is 2.81. The first kappa shape index (κ1) is 36.7. The molecule has 0 spiro atoms. The second-order valence-electron chi connectivity index (χ2n) is 6.27. The molecule has 0 atom stereocenters. The van der Waals surface area contributed by atoms with Gasteiger partial charge in [-0.1, -0.05) is 21.6 Å². The predicted molar refractivity (Wildman–Crippen MR) is 153 cm³/mol. The van der Waals surface area contributed by atoms with Gasteiger partial charge in [-0.05, 0) is 81.0 Å². The molecule has 0 aliphatic heterocycles. The molecule has 0 amide bonds. The van der Waals surface area contributed by atoms with Crippen LogP contribution in [0.25, 0.3) is 0 Å². The highest BCUT2D eigenvalue weighted by Gasteiger charge is 2.40. The topological polar surface area (TPSA) is 75.6 Å². The molecule has 1 N–H and O–H groups in total. The smallest absolute Gasteiger partial charge is 0.397 e. The second-order valence-corrected chi connectivity index (χ2v) is 18.0. The Hall–Kier alpha value is 1.55. The van der Waals surface area contributed by atoms with Crippen molar-refractivity contribution in [3.8, 4) is 0 Å². The Morgan fingerprint density at radius 1 is 0.515 bits per heavy atom. The minimum absolute atomic E-state index is 0.250. The summed E-state index contributed by atoms with van der Waals surface area (Å²) in [6.45, 7) is 17.8. The summed E-state index contributed by atoms with van der Waals surface area (Å²) in [7, 11) is 2.48. The van der Waals surface area contributed by atoms with Crippen molar-refractivity contribution >= 4 is 58.8 Å². The Morgan fingerprint density at radius 2 is 0.758 bits per heavy atom. The van der Waals surface area contributed by atoms with Crippen molar-refractivity contribution in [1.82, 2.24) is 0 Å². The lowest BCUT2D eigenvalue weighted by molar-refractivity contribution is 0.0704. The van der Waals surface area contributed by atoms with Crippen LogP contribution in [0.2, 0.25) is 12.1 Å². The van der Waals surface area contributed by atoms with E-state index in [-0.39, 0.29) is 6.61 Å². The molecule has 0 aliphatic carbocycles. The van der Waals surface area contributed by atoms with Crippen LogP contribution < -0.4 is 0 Å². The van der Waals surface area contributed by atoms with Gasteiger partial charge in [-0.25, -0.2) is 0 Å². The molecule has 0 unspecified atom stereocenters. The van der Waals surface area contributed by atoms with Gasteiger partial charge in [0.1, 0.15) is 0 Å². The fourth-order valence-corrected chi connectivity index (χ4v) is 14.7. The summed E-state index contributed by atoms with van der Waals surface area (Å²) in [6, 6.07) is 1.76. The molecule has 0 saturated heterocycles. The minimum Gasteiger partial charge on any atom is -0.397 e. The normalized spacial score (nSPS) is 12.0. The van der Waals surface area contributed by atoms with Crippen molar-refractivity contribution in [2.24, 2.45) is 0 Å². The highest BCUT2D eigenvalue weighted by atomic mass is 33.7. The van der Waals surface area contributed by atoms with Crippen LogP contribution in [0.1, 0.15) is 61.3 Å². The van der Waals surface area contributed by atoms with Gasteiger partial charge in [0.15, 0.2) is 0 Å². The zero-order valence-electron chi connectivity index (χ0n) is 21.7. The van der Waals surface area contributed by atoms with Crippen molar-refractivity contribution in [2.75, 3.05) is 57.8 Å². The molecule has 0 aliphatic rings. The maximum absolute atomic E-state index is 7.57. The van der Waals surface area contributed by atoms with Crippen LogP contribution >= 0.6 is 41.2 Å². The Labute approximate surface area is 220 Å². The lowest BCUT2D eigenvalue weighted by Gasteiger charge is -2.28. The minimum atomic E-state index is -2.49. The summed E-state index contributed by atoms with van der Waals surface area (Å²) >= 11 is 0. The molecule has 0 aromatic rings. The maximum atomic E-state index is 7.57. The Balaban J connectivity index is 0. The molecule has 0 radical (unpaired) electrons. The first-order chi connectivity index (χ1) is 16.0. The molecule has 0 fully saturated rings. The van der Waals surface area contributed by atoms with E-state index in [2.05, 4.69) is 0 Å². The van der Waals surface area contributed by atoms with Gasteiger partial charge in [0.25, 0.3) is 0 Å². The van der Waals surface area contributed by atoms with E-state index in [1.165, 1.54) is 0 Å². The van der Waals surface area contributed by atoms with Crippen molar-refractivity contribution in [3.63, 3.8) is 0 Å². The third-order valence-corrected chi connectivity index (χ3v) is 16.7. The zero-order valence-corrected chi connectivity index (χ0v) is 27.0. The highest BCUT2D eigenvalue weighted by Crippen LogP contribution is 2.44. The Morgan fingerprint density at radius 3 is 0.970 bits per heavy atom. The monoisotopic (exact) mass is 584 g/mol. The molecule has 33 heavy (non-hydrogen) atoms. The number of hydrogen-bond acceptors (Lipinski definition) is 11. The average Bonchev–Trinajstić information content (AvgIpc) is 2.77. The molecule has 0 rings (SSSR count). The molecule has 0 heterocycles. The molecular weight excluding hydrogens is 537 g/mol. The van der Waals surface area contributed by atoms with Gasteiger partial charge < -0.3 is 31.7 Å². The molecular formula is C20H48O7S4Si2. The lowest BCUT2D eigenvalue weighted by Crippen LogP contribution is -2.46.